The van der Waals surface area contributed by atoms with Crippen LogP contribution in [-0.4, -0.2) is 29.7 Å². The Labute approximate surface area is 141 Å². The highest BCUT2D eigenvalue weighted by Gasteiger charge is 2.17. The molecule has 0 fully saturated rings. The summed E-state index contributed by atoms with van der Waals surface area (Å²) in [6, 6.07) is 12.8. The Bertz CT molecular complexity index is 884. The fraction of sp³-hybridized carbons (Fsp3) is 0.263. The molecule has 1 aliphatic heterocycles. The zero-order valence-electron chi connectivity index (χ0n) is 13.3. The molecule has 0 bridgehead atoms. The first kappa shape index (κ1) is 14.6. The number of benzene rings is 2. The van der Waals surface area contributed by atoms with Gasteiger partial charge in [-0.3, -0.25) is 4.90 Å². The molecular weight excluding hydrogens is 308 g/mol. The third-order valence-electron chi connectivity index (χ3n) is 4.39. The van der Waals surface area contributed by atoms with E-state index in [1.165, 1.54) is 16.5 Å². The average Bonchev–Trinajstić information content (AvgIpc) is 2.82. The van der Waals surface area contributed by atoms with Crippen LogP contribution in [0.3, 0.4) is 0 Å². The van der Waals surface area contributed by atoms with Gasteiger partial charge >= 0.3 is 0 Å². The van der Waals surface area contributed by atoms with E-state index in [0.717, 1.165) is 30.1 Å². The maximum atomic E-state index is 6.50. The van der Waals surface area contributed by atoms with Crippen molar-refractivity contribution in [1.29, 1.82) is 0 Å². The number of likely N-dealkylation sites (N-methyl/N-ethyl adjacent to an activating group) is 1. The molecule has 0 spiro atoms. The molecule has 1 aromatic heterocycles. The summed E-state index contributed by atoms with van der Waals surface area (Å²) >= 11 is 6.50. The minimum atomic E-state index is 0.675. The molecule has 0 radical (unpaired) electrons. The van der Waals surface area contributed by atoms with Crippen molar-refractivity contribution in [3.8, 4) is 11.4 Å². The number of rotatable bonds is 1. The zero-order chi connectivity index (χ0) is 16.0. The number of aryl methyl sites for hydroxylation is 1. The highest BCUT2D eigenvalue weighted by molar-refractivity contribution is 6.32. The average molecular weight is 327 g/mol. The quantitative estimate of drug-likeness (QED) is 0.658. The van der Waals surface area contributed by atoms with E-state index in [4.69, 9.17) is 16.3 Å². The molecule has 0 aliphatic carbocycles. The van der Waals surface area contributed by atoms with Gasteiger partial charge in [-0.05, 0) is 44.3 Å². The molecule has 118 valence electrons. The summed E-state index contributed by atoms with van der Waals surface area (Å²) in [5, 5.41) is 1.92. The molecule has 4 rings (SSSR count). The van der Waals surface area contributed by atoms with Gasteiger partial charge in [0.1, 0.15) is 12.4 Å². The predicted octanol–water partition coefficient (Wildman–Crippen LogP) is 4.42. The molecular formula is C19H19ClN2O. The van der Waals surface area contributed by atoms with E-state index >= 15 is 0 Å². The third-order valence-corrected chi connectivity index (χ3v) is 4.67. The van der Waals surface area contributed by atoms with Crippen LogP contribution in [0, 0.1) is 6.92 Å². The number of fused-ring (bicyclic) bond motifs is 2. The molecule has 0 atom stereocenters. The lowest BCUT2D eigenvalue weighted by Crippen LogP contribution is -2.20. The zero-order valence-corrected chi connectivity index (χ0v) is 14.1. The van der Waals surface area contributed by atoms with Crippen molar-refractivity contribution in [2.75, 3.05) is 20.2 Å². The topological polar surface area (TPSA) is 17.4 Å². The smallest absolute Gasteiger partial charge is 0.142 e. The van der Waals surface area contributed by atoms with Crippen LogP contribution in [0.25, 0.3) is 16.6 Å². The van der Waals surface area contributed by atoms with E-state index in [1.54, 1.807) is 0 Å². The summed E-state index contributed by atoms with van der Waals surface area (Å²) in [6.07, 6.45) is 2.10. The maximum Gasteiger partial charge on any atom is 0.142 e. The second-order valence-corrected chi connectivity index (χ2v) is 6.66. The largest absolute Gasteiger partial charge is 0.490 e. The van der Waals surface area contributed by atoms with Crippen LogP contribution >= 0.6 is 11.6 Å². The Morgan fingerprint density at radius 1 is 1.13 bits per heavy atom. The number of halogens is 1. The van der Waals surface area contributed by atoms with Gasteiger partial charge in [-0.2, -0.15) is 0 Å². The van der Waals surface area contributed by atoms with E-state index in [2.05, 4.69) is 60.0 Å². The van der Waals surface area contributed by atoms with E-state index < -0.39 is 0 Å². The van der Waals surface area contributed by atoms with E-state index in [0.29, 0.717) is 11.6 Å². The standard InChI is InChI=1S/C19H19ClN2O/c1-13-3-4-18-14(9-13)5-6-22(18)16-10-15-12-21(2)7-8-23-19(15)17(20)11-16/h3-6,9-11H,7-8,12H2,1-2H3. The van der Waals surface area contributed by atoms with Crippen LogP contribution in [0.2, 0.25) is 5.02 Å². The summed E-state index contributed by atoms with van der Waals surface area (Å²) in [4.78, 5) is 2.25. The lowest BCUT2D eigenvalue weighted by molar-refractivity contribution is 0.259. The molecule has 2 aromatic carbocycles. The van der Waals surface area contributed by atoms with Crippen molar-refractivity contribution in [3.05, 3.63) is 58.7 Å². The minimum absolute atomic E-state index is 0.675. The first-order valence-electron chi connectivity index (χ1n) is 7.84. The van der Waals surface area contributed by atoms with Crippen molar-refractivity contribution in [3.63, 3.8) is 0 Å². The van der Waals surface area contributed by atoms with Crippen LogP contribution in [-0.2, 0) is 6.54 Å². The van der Waals surface area contributed by atoms with Crippen LogP contribution in [0.5, 0.6) is 5.75 Å². The molecule has 2 heterocycles. The lowest BCUT2D eigenvalue weighted by Gasteiger charge is -2.15. The minimum Gasteiger partial charge on any atom is -0.490 e. The summed E-state index contributed by atoms with van der Waals surface area (Å²) in [7, 11) is 2.10. The second kappa shape index (κ2) is 5.59. The normalized spacial score (nSPS) is 15.3. The molecule has 0 amide bonds. The summed E-state index contributed by atoms with van der Waals surface area (Å²) in [5.74, 6) is 0.826. The lowest BCUT2D eigenvalue weighted by atomic mass is 10.1. The molecule has 0 N–H and O–H groups in total. The highest BCUT2D eigenvalue weighted by Crippen LogP contribution is 2.35. The Hall–Kier alpha value is -1.97. The maximum absolute atomic E-state index is 6.50. The Kier molecular flexibility index (Phi) is 3.55. The number of aromatic nitrogens is 1. The van der Waals surface area contributed by atoms with Crippen LogP contribution in [0.15, 0.2) is 42.6 Å². The summed E-state index contributed by atoms with van der Waals surface area (Å²) < 4.78 is 8.03. The summed E-state index contributed by atoms with van der Waals surface area (Å²) in [6.45, 7) is 4.55. The van der Waals surface area contributed by atoms with Crippen molar-refractivity contribution >= 4 is 22.5 Å². The first-order chi connectivity index (χ1) is 11.1. The van der Waals surface area contributed by atoms with Gasteiger partial charge in [0.05, 0.1) is 10.5 Å². The highest BCUT2D eigenvalue weighted by atomic mass is 35.5. The van der Waals surface area contributed by atoms with E-state index in [9.17, 15) is 0 Å². The molecule has 4 heteroatoms. The third kappa shape index (κ3) is 2.60. The molecule has 3 aromatic rings. The number of hydrogen-bond acceptors (Lipinski definition) is 2. The molecule has 3 nitrogen and oxygen atoms in total. The van der Waals surface area contributed by atoms with Gasteiger partial charge < -0.3 is 9.30 Å². The van der Waals surface area contributed by atoms with Crippen LogP contribution < -0.4 is 4.74 Å². The van der Waals surface area contributed by atoms with Gasteiger partial charge in [-0.1, -0.05) is 23.2 Å². The Balaban J connectivity index is 1.87. The van der Waals surface area contributed by atoms with Crippen molar-refractivity contribution in [2.45, 2.75) is 13.5 Å². The molecule has 1 aliphatic rings. The Morgan fingerprint density at radius 3 is 2.87 bits per heavy atom. The molecule has 0 saturated carbocycles. The van der Waals surface area contributed by atoms with Crippen molar-refractivity contribution in [2.24, 2.45) is 0 Å². The van der Waals surface area contributed by atoms with E-state index in [-0.39, 0.29) is 0 Å². The van der Waals surface area contributed by atoms with Crippen LogP contribution in [0.1, 0.15) is 11.1 Å². The fourth-order valence-electron chi connectivity index (χ4n) is 3.21. The van der Waals surface area contributed by atoms with Gasteiger partial charge in [-0.25, -0.2) is 0 Å². The monoisotopic (exact) mass is 326 g/mol. The van der Waals surface area contributed by atoms with Gasteiger partial charge in [0.15, 0.2) is 0 Å². The van der Waals surface area contributed by atoms with Gasteiger partial charge in [0.25, 0.3) is 0 Å². The number of nitrogens with zero attached hydrogens (tertiary/aromatic N) is 2. The molecule has 0 unspecified atom stereocenters. The van der Waals surface area contributed by atoms with Gasteiger partial charge in [0, 0.05) is 35.9 Å². The number of ether oxygens (including phenoxy) is 1. The van der Waals surface area contributed by atoms with Crippen molar-refractivity contribution < 1.29 is 4.74 Å². The summed E-state index contributed by atoms with van der Waals surface area (Å²) in [5.41, 5.74) is 4.67. The van der Waals surface area contributed by atoms with Gasteiger partial charge in [0.2, 0.25) is 0 Å². The van der Waals surface area contributed by atoms with Crippen LogP contribution in [0.4, 0.5) is 0 Å². The predicted molar refractivity (Wildman–Crippen MR) is 94.9 cm³/mol. The van der Waals surface area contributed by atoms with Gasteiger partial charge in [-0.15, -0.1) is 0 Å². The van der Waals surface area contributed by atoms with Crippen molar-refractivity contribution in [1.82, 2.24) is 9.47 Å². The molecule has 23 heavy (non-hydrogen) atoms. The fourth-order valence-corrected chi connectivity index (χ4v) is 3.50. The second-order valence-electron chi connectivity index (χ2n) is 6.25. The molecule has 0 saturated heterocycles. The first-order valence-corrected chi connectivity index (χ1v) is 8.21. The van der Waals surface area contributed by atoms with E-state index in [1.807, 2.05) is 6.07 Å². The SMILES string of the molecule is Cc1ccc2c(ccn2-c2cc(Cl)c3c(c2)CN(C)CCO3)c1. The Morgan fingerprint density at radius 2 is 2.00 bits per heavy atom. The number of hydrogen-bond donors (Lipinski definition) is 0.